The Bertz CT molecular complexity index is 959. The number of esters is 1. The van der Waals surface area contributed by atoms with Crippen molar-refractivity contribution in [1.29, 1.82) is 0 Å². The molecule has 0 saturated carbocycles. The summed E-state index contributed by atoms with van der Waals surface area (Å²) in [5.74, 6) is -1.96. The number of amides is 1. The first kappa shape index (κ1) is 21.5. The standard InChI is InChI=1S/C19H21FN2O5S/c1-3-22-28(25,26)15-8-9-17(20)16(12-15)18(23)21-11-10-13-4-6-14(7-5-13)19(24)27-2/h4-9,12,22H,3,10-11H2,1-2H3,(H,21,23). The predicted octanol–water partition coefficient (Wildman–Crippen LogP) is 1.88. The Hall–Kier alpha value is -2.78. The fourth-order valence-electron chi connectivity index (χ4n) is 2.46. The molecule has 2 rings (SSSR count). The first-order valence-electron chi connectivity index (χ1n) is 8.53. The molecular formula is C19H21FN2O5S. The van der Waals surface area contributed by atoms with E-state index < -0.39 is 27.7 Å². The van der Waals surface area contributed by atoms with E-state index in [2.05, 4.69) is 14.8 Å². The van der Waals surface area contributed by atoms with Crippen LogP contribution in [0, 0.1) is 5.82 Å². The summed E-state index contributed by atoms with van der Waals surface area (Å²) in [5.41, 5.74) is 0.924. The van der Waals surface area contributed by atoms with Crippen LogP contribution in [0.3, 0.4) is 0 Å². The van der Waals surface area contributed by atoms with Crippen LogP contribution in [0.5, 0.6) is 0 Å². The highest BCUT2D eigenvalue weighted by atomic mass is 32.2. The van der Waals surface area contributed by atoms with E-state index in [9.17, 15) is 22.4 Å². The highest BCUT2D eigenvalue weighted by Gasteiger charge is 2.18. The number of ether oxygens (including phenoxy) is 1. The maximum absolute atomic E-state index is 14.0. The quantitative estimate of drug-likeness (QED) is 0.650. The normalized spacial score (nSPS) is 11.1. The summed E-state index contributed by atoms with van der Waals surface area (Å²) in [5, 5.41) is 2.56. The van der Waals surface area contributed by atoms with E-state index >= 15 is 0 Å². The van der Waals surface area contributed by atoms with E-state index in [1.54, 1.807) is 31.2 Å². The molecule has 7 nitrogen and oxygen atoms in total. The molecule has 0 atom stereocenters. The molecule has 1 amide bonds. The highest BCUT2D eigenvalue weighted by Crippen LogP contribution is 2.15. The van der Waals surface area contributed by atoms with Gasteiger partial charge in [0.1, 0.15) is 5.82 Å². The van der Waals surface area contributed by atoms with Gasteiger partial charge >= 0.3 is 5.97 Å². The van der Waals surface area contributed by atoms with Crippen molar-refractivity contribution in [2.75, 3.05) is 20.2 Å². The summed E-state index contributed by atoms with van der Waals surface area (Å²) in [6.07, 6.45) is 0.449. The molecule has 150 valence electrons. The largest absolute Gasteiger partial charge is 0.465 e. The van der Waals surface area contributed by atoms with E-state index in [4.69, 9.17) is 0 Å². The molecule has 0 aliphatic carbocycles. The average Bonchev–Trinajstić information content (AvgIpc) is 2.68. The zero-order valence-corrected chi connectivity index (χ0v) is 16.3. The average molecular weight is 408 g/mol. The molecule has 2 aromatic rings. The number of halogens is 1. The summed E-state index contributed by atoms with van der Waals surface area (Å²) in [6, 6.07) is 9.73. The molecule has 0 saturated heterocycles. The first-order valence-corrected chi connectivity index (χ1v) is 10.0. The lowest BCUT2D eigenvalue weighted by molar-refractivity contribution is 0.0600. The number of nitrogens with one attached hydrogen (secondary N) is 2. The van der Waals surface area contributed by atoms with Crippen LogP contribution in [-0.4, -0.2) is 40.5 Å². The number of sulfonamides is 1. The number of hydrogen-bond acceptors (Lipinski definition) is 5. The minimum absolute atomic E-state index is 0.177. The molecule has 0 spiro atoms. The third kappa shape index (κ3) is 5.37. The van der Waals surface area contributed by atoms with Gasteiger partial charge < -0.3 is 10.1 Å². The van der Waals surface area contributed by atoms with Gasteiger partial charge in [0.05, 0.1) is 23.1 Å². The maximum atomic E-state index is 14.0. The summed E-state index contributed by atoms with van der Waals surface area (Å²) < 4.78 is 44.9. The lowest BCUT2D eigenvalue weighted by Gasteiger charge is -2.09. The van der Waals surface area contributed by atoms with Crippen LogP contribution in [0.2, 0.25) is 0 Å². The van der Waals surface area contributed by atoms with Gasteiger partial charge in [0.2, 0.25) is 10.0 Å². The highest BCUT2D eigenvalue weighted by molar-refractivity contribution is 7.89. The van der Waals surface area contributed by atoms with Crippen molar-refractivity contribution < 1.29 is 27.1 Å². The van der Waals surface area contributed by atoms with Crippen LogP contribution in [-0.2, 0) is 21.2 Å². The van der Waals surface area contributed by atoms with Gasteiger partial charge in [-0.15, -0.1) is 0 Å². The lowest BCUT2D eigenvalue weighted by atomic mass is 10.1. The minimum Gasteiger partial charge on any atom is -0.465 e. The van der Waals surface area contributed by atoms with E-state index in [1.165, 1.54) is 7.11 Å². The molecule has 0 aliphatic rings. The van der Waals surface area contributed by atoms with Crippen LogP contribution in [0.4, 0.5) is 4.39 Å². The molecular weight excluding hydrogens is 387 g/mol. The Morgan fingerprint density at radius 1 is 1.11 bits per heavy atom. The molecule has 28 heavy (non-hydrogen) atoms. The molecule has 0 heterocycles. The van der Waals surface area contributed by atoms with Crippen molar-refractivity contribution in [2.45, 2.75) is 18.2 Å². The van der Waals surface area contributed by atoms with Gasteiger partial charge in [-0.3, -0.25) is 4.79 Å². The van der Waals surface area contributed by atoms with Crippen molar-refractivity contribution >= 4 is 21.9 Å². The van der Waals surface area contributed by atoms with Gasteiger partial charge in [0, 0.05) is 13.1 Å². The third-order valence-corrected chi connectivity index (χ3v) is 5.44. The molecule has 0 fully saturated rings. The van der Waals surface area contributed by atoms with Gasteiger partial charge in [-0.05, 0) is 42.3 Å². The van der Waals surface area contributed by atoms with Gasteiger partial charge in [-0.25, -0.2) is 22.3 Å². The number of rotatable bonds is 8. The molecule has 2 N–H and O–H groups in total. The second-order valence-corrected chi connectivity index (χ2v) is 7.60. The van der Waals surface area contributed by atoms with Crippen LogP contribution < -0.4 is 10.0 Å². The monoisotopic (exact) mass is 408 g/mol. The number of methoxy groups -OCH3 is 1. The number of benzene rings is 2. The van der Waals surface area contributed by atoms with Crippen molar-refractivity contribution in [3.63, 3.8) is 0 Å². The van der Waals surface area contributed by atoms with Gasteiger partial charge in [-0.2, -0.15) is 0 Å². The molecule has 0 aromatic heterocycles. The fraction of sp³-hybridized carbons (Fsp3) is 0.263. The number of carbonyl (C=O) groups excluding carboxylic acids is 2. The molecule has 0 unspecified atom stereocenters. The van der Waals surface area contributed by atoms with E-state index in [1.807, 2.05) is 0 Å². The summed E-state index contributed by atoms with van der Waals surface area (Å²) >= 11 is 0. The fourth-order valence-corrected chi connectivity index (χ4v) is 3.53. The SMILES string of the molecule is CCNS(=O)(=O)c1ccc(F)c(C(=O)NCCc2ccc(C(=O)OC)cc2)c1. The molecule has 0 aliphatic heterocycles. The minimum atomic E-state index is -3.79. The molecule has 0 bridgehead atoms. The van der Waals surface area contributed by atoms with Crippen LogP contribution in [0.25, 0.3) is 0 Å². The van der Waals surface area contributed by atoms with Gasteiger partial charge in [0.15, 0.2) is 0 Å². The second-order valence-electron chi connectivity index (χ2n) is 5.84. The summed E-state index contributed by atoms with van der Waals surface area (Å²) in [4.78, 5) is 23.5. The van der Waals surface area contributed by atoms with E-state index in [-0.39, 0.29) is 23.5 Å². The van der Waals surface area contributed by atoms with Crippen molar-refractivity contribution in [3.05, 3.63) is 65.0 Å². The summed E-state index contributed by atoms with van der Waals surface area (Å²) in [6.45, 7) is 2.00. The molecule has 2 aromatic carbocycles. The van der Waals surface area contributed by atoms with E-state index in [0.29, 0.717) is 12.0 Å². The van der Waals surface area contributed by atoms with E-state index in [0.717, 1.165) is 23.8 Å². The van der Waals surface area contributed by atoms with Crippen LogP contribution in [0.1, 0.15) is 33.2 Å². The Kier molecular flexibility index (Phi) is 7.24. The number of hydrogen-bond donors (Lipinski definition) is 2. The number of carbonyl (C=O) groups is 2. The van der Waals surface area contributed by atoms with Gasteiger partial charge in [-0.1, -0.05) is 19.1 Å². The smallest absolute Gasteiger partial charge is 0.337 e. The predicted molar refractivity (Wildman–Crippen MR) is 101 cm³/mol. The molecule has 0 radical (unpaired) electrons. The van der Waals surface area contributed by atoms with Crippen LogP contribution in [0.15, 0.2) is 47.4 Å². The maximum Gasteiger partial charge on any atom is 0.337 e. The summed E-state index contributed by atoms with van der Waals surface area (Å²) in [7, 11) is -2.50. The van der Waals surface area contributed by atoms with Crippen molar-refractivity contribution in [1.82, 2.24) is 10.0 Å². The Labute approximate surface area is 163 Å². The Morgan fingerprint density at radius 2 is 1.79 bits per heavy atom. The topological polar surface area (TPSA) is 102 Å². The Balaban J connectivity index is 2.02. The third-order valence-electron chi connectivity index (χ3n) is 3.90. The first-order chi connectivity index (χ1) is 13.3. The lowest BCUT2D eigenvalue weighted by Crippen LogP contribution is -2.28. The van der Waals surface area contributed by atoms with Crippen LogP contribution >= 0.6 is 0 Å². The van der Waals surface area contributed by atoms with Crippen molar-refractivity contribution in [3.8, 4) is 0 Å². The van der Waals surface area contributed by atoms with Crippen molar-refractivity contribution in [2.24, 2.45) is 0 Å². The zero-order chi connectivity index (χ0) is 20.7. The zero-order valence-electron chi connectivity index (χ0n) is 15.5. The molecule has 9 heteroatoms. The Morgan fingerprint density at radius 3 is 2.39 bits per heavy atom. The second kappa shape index (κ2) is 9.43. The van der Waals surface area contributed by atoms with Gasteiger partial charge in [0.25, 0.3) is 5.91 Å².